The average molecular weight is 570 g/mol. The predicted molar refractivity (Wildman–Crippen MR) is 136 cm³/mol. The zero-order valence-electron chi connectivity index (χ0n) is 22.4. The summed E-state index contributed by atoms with van der Waals surface area (Å²) in [5.41, 5.74) is 0.00282. The SMILES string of the molecule is CC(=O)OCC[N+](C)(C)C.COc1cc(OC)nc(NC([O-])=NS(=O)(=O)c2ncccc2C2=NOCCO2)n1. The highest BCUT2D eigenvalue weighted by atomic mass is 32.2. The third kappa shape index (κ3) is 10.6. The van der Waals surface area contributed by atoms with Gasteiger partial charge in [0.25, 0.3) is 5.90 Å². The highest BCUT2D eigenvalue weighted by molar-refractivity contribution is 7.90. The monoisotopic (exact) mass is 569 g/mol. The Morgan fingerprint density at radius 2 is 1.85 bits per heavy atom. The number of quaternary nitrogens is 1. The number of aromatic nitrogens is 3. The van der Waals surface area contributed by atoms with E-state index in [1.807, 2.05) is 0 Å². The van der Waals surface area contributed by atoms with Crippen molar-refractivity contribution in [1.82, 2.24) is 15.0 Å². The molecule has 2 aromatic heterocycles. The van der Waals surface area contributed by atoms with E-state index in [1.54, 1.807) is 0 Å². The number of methoxy groups -OCH3 is 2. The number of sulfonamides is 1. The molecule has 3 heterocycles. The van der Waals surface area contributed by atoms with E-state index in [1.165, 1.54) is 45.5 Å². The van der Waals surface area contributed by atoms with Gasteiger partial charge in [0, 0.05) is 13.1 Å². The van der Waals surface area contributed by atoms with E-state index >= 15 is 0 Å². The molecule has 1 aliphatic rings. The van der Waals surface area contributed by atoms with Crippen LogP contribution in [0.3, 0.4) is 0 Å². The maximum Gasteiger partial charge on any atom is 0.302 e. The number of oxime groups is 1. The summed E-state index contributed by atoms with van der Waals surface area (Å²) < 4.78 is 49.2. The molecule has 1 aliphatic heterocycles. The lowest BCUT2D eigenvalue weighted by Gasteiger charge is -2.23. The van der Waals surface area contributed by atoms with E-state index in [0.29, 0.717) is 6.61 Å². The van der Waals surface area contributed by atoms with Gasteiger partial charge in [0.15, 0.2) is 11.6 Å². The van der Waals surface area contributed by atoms with E-state index in [0.717, 1.165) is 11.0 Å². The number of hydrogen-bond donors (Lipinski definition) is 1. The van der Waals surface area contributed by atoms with Gasteiger partial charge in [0.1, 0.15) is 19.8 Å². The van der Waals surface area contributed by atoms with Gasteiger partial charge in [-0.1, -0.05) is 0 Å². The number of carbonyl (C=O) groups is 1. The molecule has 0 saturated heterocycles. The molecule has 1 N–H and O–H groups in total. The van der Waals surface area contributed by atoms with Crippen molar-refractivity contribution in [2.75, 3.05) is 67.0 Å². The van der Waals surface area contributed by atoms with Gasteiger partial charge in [-0.3, -0.25) is 4.79 Å². The molecule has 2 aromatic rings. The first-order chi connectivity index (χ1) is 18.3. The Bertz CT molecular complexity index is 1270. The molecule has 0 fully saturated rings. The standard InChI is InChI=1S/C15H16N6O7S.C7H16NO2/c1-25-10-8-11(26-2)18-14(17-10)19-15(22)21-29(23,24)13-9(4-3-5-16-13)12-20-28-7-6-27-12;1-7(9)10-6-5-8(2,3)4/h3-5,8H,6-7H2,1-2H3,(H2,17,18,19,21,22);5-6H2,1-4H3/q;+1/p-1. The number of likely N-dealkylation sites (N-methyl/N-ethyl adjacent to an activating group) is 1. The van der Waals surface area contributed by atoms with Gasteiger partial charge in [0.05, 0.1) is 53.0 Å². The highest BCUT2D eigenvalue weighted by Gasteiger charge is 2.25. The predicted octanol–water partition coefficient (Wildman–Crippen LogP) is -0.630. The molecule has 0 aliphatic carbocycles. The summed E-state index contributed by atoms with van der Waals surface area (Å²) in [5.74, 6) is -0.364. The molecule has 16 nitrogen and oxygen atoms in total. The fourth-order valence-electron chi connectivity index (χ4n) is 2.60. The summed E-state index contributed by atoms with van der Waals surface area (Å²) in [6.45, 7) is 3.20. The number of carbonyl (C=O) groups excluding carboxylic acids is 1. The van der Waals surface area contributed by atoms with Crippen LogP contribution in [0.15, 0.2) is 39.0 Å². The van der Waals surface area contributed by atoms with Crippen LogP contribution in [0.2, 0.25) is 0 Å². The molecular formula is C22H31N7O9S. The highest BCUT2D eigenvalue weighted by Crippen LogP contribution is 2.19. The second-order valence-electron chi connectivity index (χ2n) is 8.56. The summed E-state index contributed by atoms with van der Waals surface area (Å²) in [6, 6.07) is 3.00. The average Bonchev–Trinajstić information content (AvgIpc) is 2.88. The third-order valence-electron chi connectivity index (χ3n) is 4.39. The second-order valence-corrected chi connectivity index (χ2v) is 10.1. The third-order valence-corrected chi connectivity index (χ3v) is 5.61. The molecule has 0 spiro atoms. The van der Waals surface area contributed by atoms with Crippen LogP contribution in [0, 0.1) is 0 Å². The summed E-state index contributed by atoms with van der Waals surface area (Å²) in [6.07, 6.45) is 1.23. The summed E-state index contributed by atoms with van der Waals surface area (Å²) in [7, 11) is 4.36. The summed E-state index contributed by atoms with van der Waals surface area (Å²) >= 11 is 0. The molecule has 0 aromatic carbocycles. The largest absolute Gasteiger partial charge is 0.845 e. The van der Waals surface area contributed by atoms with Crippen molar-refractivity contribution in [2.24, 2.45) is 9.55 Å². The van der Waals surface area contributed by atoms with Crippen LogP contribution >= 0.6 is 0 Å². The van der Waals surface area contributed by atoms with Gasteiger partial charge in [-0.05, 0) is 17.3 Å². The second kappa shape index (κ2) is 14.1. The zero-order chi connectivity index (χ0) is 29.1. The van der Waals surface area contributed by atoms with Crippen molar-refractivity contribution in [1.29, 1.82) is 0 Å². The van der Waals surface area contributed by atoms with Crippen molar-refractivity contribution >= 4 is 33.9 Å². The number of hydrogen-bond acceptors (Lipinski definition) is 13. The van der Waals surface area contributed by atoms with Crippen LogP contribution < -0.4 is 19.9 Å². The summed E-state index contributed by atoms with van der Waals surface area (Å²) in [4.78, 5) is 26.7. The molecule has 0 radical (unpaired) electrons. The summed E-state index contributed by atoms with van der Waals surface area (Å²) in [5, 5.41) is 17.4. The van der Waals surface area contributed by atoms with E-state index in [4.69, 9.17) is 23.8 Å². The Kier molecular flexibility index (Phi) is 11.2. The van der Waals surface area contributed by atoms with E-state index in [2.05, 4.69) is 51.0 Å². The van der Waals surface area contributed by atoms with Gasteiger partial charge in [-0.2, -0.15) is 22.8 Å². The van der Waals surface area contributed by atoms with Crippen molar-refractivity contribution in [2.45, 2.75) is 11.9 Å². The lowest BCUT2D eigenvalue weighted by atomic mass is 10.3. The lowest BCUT2D eigenvalue weighted by molar-refractivity contribution is -0.870. The number of esters is 1. The van der Waals surface area contributed by atoms with Crippen LogP contribution in [-0.2, 0) is 29.1 Å². The lowest BCUT2D eigenvalue weighted by Crippen LogP contribution is -2.37. The number of nitrogens with zero attached hydrogens (tertiary/aromatic N) is 6. The normalized spacial score (nSPS) is 13.5. The number of pyridine rings is 1. The fourth-order valence-corrected chi connectivity index (χ4v) is 3.57. The minimum atomic E-state index is -4.52. The Morgan fingerprint density at radius 3 is 2.38 bits per heavy atom. The molecule has 3 rings (SSSR count). The van der Waals surface area contributed by atoms with Gasteiger partial charge in [-0.15, -0.1) is 0 Å². The smallest absolute Gasteiger partial charge is 0.302 e. The molecule has 39 heavy (non-hydrogen) atoms. The number of ether oxygens (including phenoxy) is 4. The Balaban J connectivity index is 0.000000455. The van der Waals surface area contributed by atoms with Crippen LogP contribution in [-0.4, -0.2) is 107 Å². The fraction of sp³-hybridized carbons (Fsp3) is 0.455. The Hall–Kier alpha value is -4.25. The topological polar surface area (TPSA) is 196 Å². The zero-order valence-corrected chi connectivity index (χ0v) is 23.2. The van der Waals surface area contributed by atoms with E-state index in [-0.39, 0.29) is 48.4 Å². The molecule has 17 heteroatoms. The molecule has 0 bridgehead atoms. The Labute approximate surface area is 225 Å². The van der Waals surface area contributed by atoms with Gasteiger partial charge < -0.3 is 38.7 Å². The molecule has 0 amide bonds. The van der Waals surface area contributed by atoms with Crippen LogP contribution in [0.25, 0.3) is 0 Å². The van der Waals surface area contributed by atoms with Gasteiger partial charge in [0.2, 0.25) is 17.7 Å². The van der Waals surface area contributed by atoms with Crippen molar-refractivity contribution in [3.05, 3.63) is 30.0 Å². The first kappa shape index (κ1) is 31.0. The van der Waals surface area contributed by atoms with Gasteiger partial charge in [-0.25, -0.2) is 4.98 Å². The quantitative estimate of drug-likeness (QED) is 0.174. The number of nitrogens with one attached hydrogen (secondary N) is 1. The van der Waals surface area contributed by atoms with Crippen LogP contribution in [0.1, 0.15) is 12.5 Å². The van der Waals surface area contributed by atoms with E-state index < -0.39 is 21.1 Å². The minimum Gasteiger partial charge on any atom is -0.845 e. The maximum atomic E-state index is 12.6. The van der Waals surface area contributed by atoms with Crippen LogP contribution in [0.5, 0.6) is 11.8 Å². The Morgan fingerprint density at radius 1 is 1.18 bits per heavy atom. The maximum absolute atomic E-state index is 12.6. The van der Waals surface area contributed by atoms with Gasteiger partial charge >= 0.3 is 16.0 Å². The molecule has 0 unspecified atom stereocenters. The molecule has 214 valence electrons. The first-order valence-corrected chi connectivity index (χ1v) is 12.8. The van der Waals surface area contributed by atoms with Crippen LogP contribution in [0.4, 0.5) is 5.95 Å². The molecular weight excluding hydrogens is 538 g/mol. The number of rotatable bonds is 9. The number of anilines is 1. The molecule has 0 saturated carbocycles. The van der Waals surface area contributed by atoms with E-state index in [9.17, 15) is 18.3 Å². The van der Waals surface area contributed by atoms with Crippen molar-refractivity contribution in [3.8, 4) is 11.8 Å². The van der Waals surface area contributed by atoms with Crippen molar-refractivity contribution in [3.63, 3.8) is 0 Å². The van der Waals surface area contributed by atoms with Crippen molar-refractivity contribution < 1.29 is 46.6 Å². The molecule has 0 atom stereocenters. The first-order valence-electron chi connectivity index (χ1n) is 11.3. The minimum absolute atomic E-state index is 0.00282. The number of amidine groups is 1.